The zero-order valence-electron chi connectivity index (χ0n) is 25.7. The first kappa shape index (κ1) is 32.8. The van der Waals surface area contributed by atoms with E-state index in [0.717, 1.165) is 35.2 Å². The normalized spacial score (nSPS) is 11.7. The van der Waals surface area contributed by atoms with Crippen molar-refractivity contribution in [1.82, 2.24) is 30.0 Å². The Morgan fingerprint density at radius 3 is 0.929 bits per heavy atom. The van der Waals surface area contributed by atoms with Gasteiger partial charge in [-0.2, -0.15) is 30.0 Å². The van der Waals surface area contributed by atoms with Crippen LogP contribution in [0.5, 0.6) is 0 Å². The predicted molar refractivity (Wildman–Crippen MR) is 183 cm³/mol. The van der Waals surface area contributed by atoms with Crippen molar-refractivity contribution in [2.45, 2.75) is 129 Å². The van der Waals surface area contributed by atoms with Gasteiger partial charge in [0.2, 0.25) is 0 Å². The van der Waals surface area contributed by atoms with Crippen molar-refractivity contribution in [2.75, 3.05) is 11.5 Å². The highest BCUT2D eigenvalue weighted by Gasteiger charge is 2.02. The maximum Gasteiger partial charge on any atom is 0.113 e. The summed E-state index contributed by atoms with van der Waals surface area (Å²) in [5.74, 6) is 2.65. The van der Waals surface area contributed by atoms with E-state index in [0.29, 0.717) is 0 Å². The average Bonchev–Trinajstić information content (AvgIpc) is 3.62. The third kappa shape index (κ3) is 13.1. The van der Waals surface area contributed by atoms with Gasteiger partial charge in [-0.1, -0.05) is 136 Å². The quantitative estimate of drug-likeness (QED) is 0.0551. The number of rotatable bonds is 25. The molecule has 230 valence electrons. The first-order valence-corrected chi connectivity index (χ1v) is 19.2. The summed E-state index contributed by atoms with van der Waals surface area (Å²) < 4.78 is 0. The molecule has 0 atom stereocenters. The Hall–Kier alpha value is -2.06. The zero-order valence-corrected chi connectivity index (χ0v) is 27.3. The predicted octanol–water partition coefficient (Wildman–Crippen LogP) is 10.3. The molecule has 2 aromatic heterocycles. The van der Waals surface area contributed by atoms with E-state index in [-0.39, 0.29) is 0 Å². The van der Waals surface area contributed by atoms with Crippen LogP contribution in [0.4, 0.5) is 0 Å². The second-order valence-corrected chi connectivity index (χ2v) is 14.3. The molecule has 0 N–H and O–H groups in total. The fraction of sp³-hybridized carbons (Fsp3) is 0.647. The molecule has 0 fully saturated rings. The minimum atomic E-state index is 0.941. The van der Waals surface area contributed by atoms with Crippen LogP contribution >= 0.6 is 21.6 Å². The molecular weight excluding hydrogens is 557 g/mol. The van der Waals surface area contributed by atoms with Crippen molar-refractivity contribution in [2.24, 2.45) is 0 Å². The smallest absolute Gasteiger partial charge is 0.113 e. The molecular formula is C34H52N6S2. The monoisotopic (exact) mass is 608 g/mol. The first-order valence-electron chi connectivity index (χ1n) is 16.7. The molecule has 0 unspecified atom stereocenters. The van der Waals surface area contributed by atoms with Gasteiger partial charge in [0.15, 0.2) is 0 Å². The summed E-state index contributed by atoms with van der Waals surface area (Å²) in [5.41, 5.74) is 4.01. The molecule has 42 heavy (non-hydrogen) atoms. The number of aromatic nitrogens is 6. The SMILES string of the molecule is c1ccc2nn(CCCCCCCCCCCSSCCCCCCCCCCCn3nc4ccccc4n3)nc2c1. The third-order valence-corrected chi connectivity index (χ3v) is 10.5. The van der Waals surface area contributed by atoms with Crippen LogP contribution in [0, 0.1) is 0 Å². The minimum absolute atomic E-state index is 0.941. The van der Waals surface area contributed by atoms with Gasteiger partial charge in [0.1, 0.15) is 22.1 Å². The lowest BCUT2D eigenvalue weighted by molar-refractivity contribution is 0.484. The number of unbranched alkanes of at least 4 members (excludes halogenated alkanes) is 16. The van der Waals surface area contributed by atoms with Gasteiger partial charge in [-0.15, -0.1) is 0 Å². The average molecular weight is 609 g/mol. The van der Waals surface area contributed by atoms with E-state index in [1.807, 2.05) is 58.1 Å². The molecule has 0 bridgehead atoms. The lowest BCUT2D eigenvalue weighted by Crippen LogP contribution is -2.01. The van der Waals surface area contributed by atoms with E-state index in [9.17, 15) is 0 Å². The van der Waals surface area contributed by atoms with E-state index in [4.69, 9.17) is 0 Å². The Kier molecular flexibility index (Phi) is 16.2. The van der Waals surface area contributed by atoms with Crippen molar-refractivity contribution >= 4 is 43.7 Å². The number of hydrogen-bond acceptors (Lipinski definition) is 6. The van der Waals surface area contributed by atoms with Crippen molar-refractivity contribution in [3.8, 4) is 0 Å². The van der Waals surface area contributed by atoms with Gasteiger partial charge in [-0.25, -0.2) is 0 Å². The molecule has 0 saturated heterocycles. The van der Waals surface area contributed by atoms with Gasteiger partial charge in [-0.05, 0) is 49.9 Å². The van der Waals surface area contributed by atoms with Crippen molar-refractivity contribution in [3.63, 3.8) is 0 Å². The second-order valence-electron chi connectivity index (χ2n) is 11.6. The maximum absolute atomic E-state index is 4.55. The molecule has 2 heterocycles. The van der Waals surface area contributed by atoms with Crippen LogP contribution in [-0.2, 0) is 13.1 Å². The molecule has 0 aliphatic carbocycles. The standard InChI is InChI=1S/C34H52N6S2/c1(3-7-11-19-27-39-35-31-23-15-16-24-32(31)36-39)5-9-13-21-29-41-42-30-22-14-10-6-2-4-8-12-20-28-40-37-33-25-17-18-26-34(33)38-40/h15-18,23-26H,1-14,19-22,27-30H2. The molecule has 0 radical (unpaired) electrons. The van der Waals surface area contributed by atoms with E-state index in [1.54, 1.807) is 0 Å². The lowest BCUT2D eigenvalue weighted by Gasteiger charge is -2.04. The lowest BCUT2D eigenvalue weighted by atomic mass is 10.1. The first-order chi connectivity index (χ1) is 20.9. The van der Waals surface area contributed by atoms with Crippen LogP contribution in [0.25, 0.3) is 22.1 Å². The Balaban J connectivity index is 0.809. The van der Waals surface area contributed by atoms with Crippen LogP contribution in [0.2, 0.25) is 0 Å². The van der Waals surface area contributed by atoms with Gasteiger partial charge < -0.3 is 0 Å². The Labute approximate surface area is 261 Å². The van der Waals surface area contributed by atoms with Gasteiger partial charge in [0.05, 0.1) is 13.1 Å². The topological polar surface area (TPSA) is 61.4 Å². The summed E-state index contributed by atoms with van der Waals surface area (Å²) >= 11 is 0. The number of nitrogens with zero attached hydrogens (tertiary/aromatic N) is 6. The summed E-state index contributed by atoms with van der Waals surface area (Å²) in [6.45, 7) is 1.88. The van der Waals surface area contributed by atoms with Crippen molar-refractivity contribution in [1.29, 1.82) is 0 Å². The van der Waals surface area contributed by atoms with E-state index < -0.39 is 0 Å². The zero-order chi connectivity index (χ0) is 28.9. The fourth-order valence-electron chi connectivity index (χ4n) is 5.43. The highest BCUT2D eigenvalue weighted by Crippen LogP contribution is 2.25. The van der Waals surface area contributed by atoms with E-state index in [2.05, 4.69) is 42.0 Å². The van der Waals surface area contributed by atoms with Crippen LogP contribution in [0.3, 0.4) is 0 Å². The maximum atomic E-state index is 4.55. The van der Waals surface area contributed by atoms with Crippen molar-refractivity contribution in [3.05, 3.63) is 48.5 Å². The number of hydrogen-bond donors (Lipinski definition) is 0. The molecule has 4 rings (SSSR count). The minimum Gasteiger partial charge on any atom is -0.184 e. The third-order valence-electron chi connectivity index (χ3n) is 7.91. The summed E-state index contributed by atoms with van der Waals surface area (Å²) in [6.07, 6.45) is 24.4. The number of benzene rings is 2. The molecule has 2 aromatic carbocycles. The van der Waals surface area contributed by atoms with Crippen LogP contribution in [-0.4, -0.2) is 41.5 Å². The van der Waals surface area contributed by atoms with Gasteiger partial charge >= 0.3 is 0 Å². The van der Waals surface area contributed by atoms with Gasteiger partial charge in [0, 0.05) is 11.5 Å². The van der Waals surface area contributed by atoms with Gasteiger partial charge in [-0.3, -0.25) is 0 Å². The molecule has 0 aliphatic heterocycles. The van der Waals surface area contributed by atoms with Crippen LogP contribution in [0.1, 0.15) is 116 Å². The molecule has 0 spiro atoms. The summed E-state index contributed by atoms with van der Waals surface area (Å²) in [7, 11) is 4.21. The fourth-order valence-corrected chi connectivity index (χ4v) is 7.72. The van der Waals surface area contributed by atoms with Gasteiger partial charge in [0.25, 0.3) is 0 Å². The van der Waals surface area contributed by atoms with Crippen LogP contribution < -0.4 is 0 Å². The molecule has 0 saturated carbocycles. The number of aryl methyl sites for hydroxylation is 2. The Bertz CT molecular complexity index is 1080. The molecule has 0 aliphatic rings. The van der Waals surface area contributed by atoms with E-state index >= 15 is 0 Å². The Morgan fingerprint density at radius 1 is 0.357 bits per heavy atom. The summed E-state index contributed by atoms with van der Waals surface area (Å²) in [6, 6.07) is 16.2. The largest absolute Gasteiger partial charge is 0.184 e. The highest BCUT2D eigenvalue weighted by molar-refractivity contribution is 8.76. The Morgan fingerprint density at radius 2 is 0.619 bits per heavy atom. The van der Waals surface area contributed by atoms with Crippen LogP contribution in [0.15, 0.2) is 48.5 Å². The number of fused-ring (bicyclic) bond motifs is 2. The molecule has 0 amide bonds. The highest BCUT2D eigenvalue weighted by atomic mass is 33.1. The second kappa shape index (κ2) is 20.8. The molecule has 8 heteroatoms. The molecule has 4 aromatic rings. The van der Waals surface area contributed by atoms with Crippen molar-refractivity contribution < 1.29 is 0 Å². The summed E-state index contributed by atoms with van der Waals surface area (Å²) in [5, 5.41) is 18.2. The van der Waals surface area contributed by atoms with E-state index in [1.165, 1.54) is 127 Å². The molecule has 6 nitrogen and oxygen atoms in total. The summed E-state index contributed by atoms with van der Waals surface area (Å²) in [4.78, 5) is 3.74.